The van der Waals surface area contributed by atoms with Gasteiger partial charge in [0.15, 0.2) is 0 Å². The smallest absolute Gasteiger partial charge is 0.255 e. The molecule has 0 spiro atoms. The first-order valence-electron chi connectivity index (χ1n) is 7.14. The van der Waals surface area contributed by atoms with Gasteiger partial charge < -0.3 is 15.1 Å². The largest absolute Gasteiger partial charge is 0.395 e. The van der Waals surface area contributed by atoms with E-state index in [4.69, 9.17) is 5.11 Å². The summed E-state index contributed by atoms with van der Waals surface area (Å²) in [4.78, 5) is 18.4. The lowest BCUT2D eigenvalue weighted by molar-refractivity contribution is 0.0297. The van der Waals surface area contributed by atoms with Crippen molar-refractivity contribution in [2.75, 3.05) is 19.7 Å². The molecule has 112 valence electrons. The van der Waals surface area contributed by atoms with E-state index in [9.17, 15) is 9.90 Å². The summed E-state index contributed by atoms with van der Waals surface area (Å²) in [6.07, 6.45) is 3.78. The van der Waals surface area contributed by atoms with Gasteiger partial charge in [0.05, 0.1) is 23.8 Å². The maximum Gasteiger partial charge on any atom is 0.255 e. The van der Waals surface area contributed by atoms with Crippen LogP contribution in [0, 0.1) is 17.8 Å². The van der Waals surface area contributed by atoms with Crippen molar-refractivity contribution in [2.24, 2.45) is 5.92 Å². The number of pyridine rings is 1. The third-order valence-corrected chi connectivity index (χ3v) is 3.66. The number of nitrogens with zero attached hydrogens (tertiary/aromatic N) is 2. The average molecular weight is 288 g/mol. The Balaban J connectivity index is 2.18. The molecule has 1 saturated heterocycles. The molecule has 1 aliphatic rings. The first-order chi connectivity index (χ1) is 10.1. The van der Waals surface area contributed by atoms with Crippen LogP contribution in [0.3, 0.4) is 0 Å². The third-order valence-electron chi connectivity index (χ3n) is 3.66. The Morgan fingerprint density at radius 2 is 2.38 bits per heavy atom. The van der Waals surface area contributed by atoms with Crippen LogP contribution in [-0.2, 0) is 0 Å². The van der Waals surface area contributed by atoms with E-state index in [1.165, 1.54) is 0 Å². The van der Waals surface area contributed by atoms with Crippen molar-refractivity contribution in [3.63, 3.8) is 0 Å². The normalized spacial score (nSPS) is 21.6. The summed E-state index contributed by atoms with van der Waals surface area (Å²) in [5, 5.41) is 18.5. The summed E-state index contributed by atoms with van der Waals surface area (Å²) >= 11 is 0. The van der Waals surface area contributed by atoms with Crippen molar-refractivity contribution < 1.29 is 15.0 Å². The second kappa shape index (κ2) is 7.21. The molecule has 2 heterocycles. The number of piperidine rings is 1. The van der Waals surface area contributed by atoms with Crippen molar-refractivity contribution in [1.29, 1.82) is 0 Å². The van der Waals surface area contributed by atoms with Crippen molar-refractivity contribution in [3.8, 4) is 11.8 Å². The fourth-order valence-electron chi connectivity index (χ4n) is 2.38. The van der Waals surface area contributed by atoms with E-state index in [0.717, 1.165) is 0 Å². The number of hydrogen-bond donors (Lipinski definition) is 2. The van der Waals surface area contributed by atoms with Crippen molar-refractivity contribution in [2.45, 2.75) is 25.9 Å². The van der Waals surface area contributed by atoms with E-state index < -0.39 is 0 Å². The Morgan fingerprint density at radius 3 is 3.10 bits per heavy atom. The zero-order chi connectivity index (χ0) is 15.2. The van der Waals surface area contributed by atoms with Crippen LogP contribution in [0.15, 0.2) is 18.5 Å². The molecule has 2 atom stereocenters. The van der Waals surface area contributed by atoms with Crippen LogP contribution in [0.4, 0.5) is 0 Å². The van der Waals surface area contributed by atoms with Gasteiger partial charge in [-0.2, -0.15) is 0 Å². The summed E-state index contributed by atoms with van der Waals surface area (Å²) in [6, 6.07) is 1.67. The minimum atomic E-state index is -0.338. The molecule has 0 aromatic carbocycles. The highest BCUT2D eigenvalue weighted by atomic mass is 16.3. The van der Waals surface area contributed by atoms with E-state index in [2.05, 4.69) is 16.8 Å². The van der Waals surface area contributed by atoms with Gasteiger partial charge in [0.1, 0.15) is 0 Å². The molecule has 0 saturated carbocycles. The Bertz CT molecular complexity index is 562. The van der Waals surface area contributed by atoms with Crippen LogP contribution >= 0.6 is 0 Å². The van der Waals surface area contributed by atoms with Crippen LogP contribution in [0.5, 0.6) is 0 Å². The number of rotatable bonds is 2. The highest BCUT2D eigenvalue weighted by Gasteiger charge is 2.28. The highest BCUT2D eigenvalue weighted by Crippen LogP contribution is 2.19. The van der Waals surface area contributed by atoms with E-state index in [0.29, 0.717) is 37.1 Å². The number of aromatic nitrogens is 1. The zero-order valence-corrected chi connectivity index (χ0v) is 12.1. The van der Waals surface area contributed by atoms with Gasteiger partial charge in [0.25, 0.3) is 5.91 Å². The number of carbonyl (C=O) groups excluding carboxylic acids is 1. The molecule has 1 aliphatic heterocycles. The van der Waals surface area contributed by atoms with Gasteiger partial charge in [0, 0.05) is 31.9 Å². The molecule has 1 aromatic rings. The molecule has 0 radical (unpaired) electrons. The first kappa shape index (κ1) is 15.5. The minimum absolute atomic E-state index is 0.00191. The number of aliphatic hydroxyl groups excluding tert-OH is 2. The number of hydrogen-bond acceptors (Lipinski definition) is 4. The van der Waals surface area contributed by atoms with Crippen LogP contribution in [0.2, 0.25) is 0 Å². The molecule has 5 nitrogen and oxygen atoms in total. The second-order valence-corrected chi connectivity index (χ2v) is 5.28. The predicted molar refractivity (Wildman–Crippen MR) is 78.5 cm³/mol. The lowest BCUT2D eigenvalue weighted by Crippen LogP contribution is -2.45. The molecule has 5 heteroatoms. The average Bonchev–Trinajstić information content (AvgIpc) is 2.50. The summed E-state index contributed by atoms with van der Waals surface area (Å²) in [5.74, 6) is 5.70. The molecule has 0 aliphatic carbocycles. The fraction of sp³-hybridized carbons (Fsp3) is 0.500. The van der Waals surface area contributed by atoms with E-state index >= 15 is 0 Å². The molecule has 21 heavy (non-hydrogen) atoms. The maximum absolute atomic E-state index is 12.6. The molecule has 0 bridgehead atoms. The summed E-state index contributed by atoms with van der Waals surface area (Å²) in [6.45, 7) is 3.04. The molecule has 2 unspecified atom stereocenters. The Labute approximate surface area is 124 Å². The molecule has 2 N–H and O–H groups in total. The Hall–Kier alpha value is -1.90. The van der Waals surface area contributed by atoms with Gasteiger partial charge >= 0.3 is 0 Å². The number of carbonyl (C=O) groups is 1. The minimum Gasteiger partial charge on any atom is -0.395 e. The maximum atomic E-state index is 12.6. The van der Waals surface area contributed by atoms with E-state index in [-0.39, 0.29) is 24.5 Å². The van der Waals surface area contributed by atoms with Gasteiger partial charge in [-0.15, -0.1) is 0 Å². The highest BCUT2D eigenvalue weighted by molar-refractivity contribution is 5.96. The van der Waals surface area contributed by atoms with E-state index in [1.807, 2.05) is 6.92 Å². The van der Waals surface area contributed by atoms with Crippen LogP contribution < -0.4 is 0 Å². The number of amides is 1. The molecular weight excluding hydrogens is 268 g/mol. The molecular formula is C16H20N2O3. The zero-order valence-electron chi connectivity index (χ0n) is 12.1. The van der Waals surface area contributed by atoms with Crippen LogP contribution in [0.1, 0.15) is 35.7 Å². The Morgan fingerprint density at radius 1 is 1.57 bits per heavy atom. The Kier molecular flexibility index (Phi) is 5.32. The summed E-state index contributed by atoms with van der Waals surface area (Å²) < 4.78 is 0. The lowest BCUT2D eigenvalue weighted by atomic mass is 9.96. The summed E-state index contributed by atoms with van der Waals surface area (Å²) in [5.41, 5.74) is 1.11. The predicted octanol–water partition coefficient (Wildman–Crippen LogP) is 0.658. The van der Waals surface area contributed by atoms with Crippen molar-refractivity contribution >= 4 is 5.91 Å². The van der Waals surface area contributed by atoms with Gasteiger partial charge in [-0.3, -0.25) is 9.78 Å². The first-order valence-corrected chi connectivity index (χ1v) is 7.14. The van der Waals surface area contributed by atoms with Crippen molar-refractivity contribution in [3.05, 3.63) is 29.6 Å². The number of likely N-dealkylation sites (tertiary alicyclic amines) is 1. The van der Waals surface area contributed by atoms with Crippen LogP contribution in [0.25, 0.3) is 0 Å². The van der Waals surface area contributed by atoms with Gasteiger partial charge in [0.2, 0.25) is 0 Å². The monoisotopic (exact) mass is 288 g/mol. The SMILES string of the molecule is CC1CN(C(=O)c2ccncc2C#CCCO)CCC1O. The third kappa shape index (κ3) is 3.81. The lowest BCUT2D eigenvalue weighted by Gasteiger charge is -2.34. The fourth-order valence-corrected chi connectivity index (χ4v) is 2.38. The second-order valence-electron chi connectivity index (χ2n) is 5.28. The quantitative estimate of drug-likeness (QED) is 0.784. The topological polar surface area (TPSA) is 73.7 Å². The van der Waals surface area contributed by atoms with Crippen molar-refractivity contribution in [1.82, 2.24) is 9.88 Å². The molecule has 2 rings (SSSR count). The van der Waals surface area contributed by atoms with Gasteiger partial charge in [-0.1, -0.05) is 18.8 Å². The molecule has 1 aromatic heterocycles. The van der Waals surface area contributed by atoms with Gasteiger partial charge in [-0.25, -0.2) is 0 Å². The standard InChI is InChI=1S/C16H20N2O3/c1-12-11-18(8-6-15(12)20)16(21)14-5-7-17-10-13(14)4-2-3-9-19/h5,7,10,12,15,19-20H,3,6,8-9,11H2,1H3. The van der Waals surface area contributed by atoms with E-state index in [1.54, 1.807) is 23.4 Å². The molecule has 1 amide bonds. The summed E-state index contributed by atoms with van der Waals surface area (Å²) in [7, 11) is 0. The molecule has 1 fully saturated rings. The van der Waals surface area contributed by atoms with Gasteiger partial charge in [-0.05, 0) is 18.4 Å². The van der Waals surface area contributed by atoms with Crippen LogP contribution in [-0.4, -0.2) is 51.8 Å². The number of aliphatic hydroxyl groups is 2.